The lowest BCUT2D eigenvalue weighted by atomic mass is 10.2. The lowest BCUT2D eigenvalue weighted by molar-refractivity contribution is 0.282. The molecule has 3 heteroatoms. The third-order valence-corrected chi connectivity index (χ3v) is 2.98. The Morgan fingerprint density at radius 3 is 3.27 bits per heavy atom. The maximum absolute atomic E-state index is 8.97. The molecule has 78 valence electrons. The normalized spacial score (nSPS) is 21.5. The van der Waals surface area contributed by atoms with Crippen molar-refractivity contribution in [1.29, 1.82) is 5.26 Å². The van der Waals surface area contributed by atoms with Gasteiger partial charge in [-0.05, 0) is 37.9 Å². The first-order valence-corrected chi connectivity index (χ1v) is 5.35. The highest BCUT2D eigenvalue weighted by Crippen LogP contribution is 2.19. The van der Waals surface area contributed by atoms with Crippen molar-refractivity contribution < 1.29 is 0 Å². The van der Waals surface area contributed by atoms with Gasteiger partial charge in [0.25, 0.3) is 0 Å². The molecule has 1 aromatic rings. The average Bonchev–Trinajstić information content (AvgIpc) is 2.69. The van der Waals surface area contributed by atoms with E-state index in [1.54, 1.807) is 0 Å². The molecular formula is C12H15N3. The van der Waals surface area contributed by atoms with Crippen molar-refractivity contribution in [2.24, 2.45) is 0 Å². The first kappa shape index (κ1) is 10.1. The van der Waals surface area contributed by atoms with E-state index in [9.17, 15) is 0 Å². The molecule has 1 atom stereocenters. The molecular weight excluding hydrogens is 186 g/mol. The van der Waals surface area contributed by atoms with E-state index >= 15 is 0 Å². The van der Waals surface area contributed by atoms with Gasteiger partial charge >= 0.3 is 0 Å². The van der Waals surface area contributed by atoms with E-state index in [1.807, 2.05) is 12.3 Å². The minimum Gasteiger partial charge on any atom is -0.282 e. The second-order valence-corrected chi connectivity index (χ2v) is 4.02. The van der Waals surface area contributed by atoms with E-state index in [2.05, 4.69) is 28.9 Å². The van der Waals surface area contributed by atoms with Gasteiger partial charge in [-0.1, -0.05) is 6.07 Å². The summed E-state index contributed by atoms with van der Waals surface area (Å²) in [5.74, 6) is 0. The van der Waals surface area contributed by atoms with E-state index in [-0.39, 0.29) is 6.04 Å². The van der Waals surface area contributed by atoms with E-state index in [0.29, 0.717) is 0 Å². The Bertz CT molecular complexity index is 381. The molecule has 15 heavy (non-hydrogen) atoms. The minimum absolute atomic E-state index is 0.0893. The molecule has 1 aromatic heterocycles. The van der Waals surface area contributed by atoms with Crippen molar-refractivity contribution in [3.8, 4) is 6.07 Å². The molecule has 0 spiro atoms. The van der Waals surface area contributed by atoms with Crippen LogP contribution in [0.2, 0.25) is 0 Å². The summed E-state index contributed by atoms with van der Waals surface area (Å²) in [5.41, 5.74) is 2.31. The Labute approximate surface area is 90.4 Å². The summed E-state index contributed by atoms with van der Waals surface area (Å²) in [5, 5.41) is 8.97. The number of likely N-dealkylation sites (tertiary alicyclic amines) is 1. The number of aromatic nitrogens is 1. The summed E-state index contributed by atoms with van der Waals surface area (Å²) in [6.45, 7) is 3.90. The molecule has 0 aliphatic carbocycles. The zero-order valence-corrected chi connectivity index (χ0v) is 8.98. The molecule has 1 aliphatic rings. The first-order chi connectivity index (χ1) is 7.31. The molecule has 0 saturated carbocycles. The van der Waals surface area contributed by atoms with E-state index in [0.717, 1.165) is 31.6 Å². The summed E-state index contributed by atoms with van der Waals surface area (Å²) >= 11 is 0. The van der Waals surface area contributed by atoms with Gasteiger partial charge in [0.1, 0.15) is 0 Å². The quantitative estimate of drug-likeness (QED) is 0.733. The van der Waals surface area contributed by atoms with Crippen molar-refractivity contribution in [2.45, 2.75) is 32.4 Å². The number of nitriles is 1. The number of rotatable bonds is 2. The lowest BCUT2D eigenvalue weighted by Crippen LogP contribution is -2.28. The van der Waals surface area contributed by atoms with Gasteiger partial charge in [-0.25, -0.2) is 0 Å². The van der Waals surface area contributed by atoms with Crippen molar-refractivity contribution in [3.05, 3.63) is 29.6 Å². The molecule has 1 saturated heterocycles. The number of aryl methyl sites for hydroxylation is 1. The molecule has 0 aromatic carbocycles. The molecule has 0 amide bonds. The standard InChI is InChI=1S/C12H15N3/c1-10-4-2-6-14-12(10)9-15-7-3-5-11(15)8-13/h2,4,6,11H,3,5,7,9H2,1H3. The number of hydrogen-bond acceptors (Lipinski definition) is 3. The van der Waals surface area contributed by atoms with Crippen LogP contribution in [0, 0.1) is 18.3 Å². The predicted molar refractivity (Wildman–Crippen MR) is 58.0 cm³/mol. The topological polar surface area (TPSA) is 39.9 Å². The largest absolute Gasteiger partial charge is 0.282 e. The van der Waals surface area contributed by atoms with Crippen LogP contribution in [0.25, 0.3) is 0 Å². The van der Waals surface area contributed by atoms with Gasteiger partial charge < -0.3 is 0 Å². The zero-order valence-electron chi connectivity index (χ0n) is 8.98. The number of nitrogens with zero attached hydrogens (tertiary/aromatic N) is 3. The van der Waals surface area contributed by atoms with Gasteiger partial charge in [-0.15, -0.1) is 0 Å². The molecule has 2 rings (SSSR count). The molecule has 0 N–H and O–H groups in total. The van der Waals surface area contributed by atoms with Crippen LogP contribution in [0.15, 0.2) is 18.3 Å². The Hall–Kier alpha value is -1.40. The van der Waals surface area contributed by atoms with Crippen molar-refractivity contribution in [3.63, 3.8) is 0 Å². The third kappa shape index (κ3) is 2.16. The Morgan fingerprint density at radius 1 is 1.67 bits per heavy atom. The monoisotopic (exact) mass is 201 g/mol. The highest BCUT2D eigenvalue weighted by molar-refractivity contribution is 5.18. The summed E-state index contributed by atoms with van der Waals surface area (Å²) in [6.07, 6.45) is 3.95. The van der Waals surface area contributed by atoms with Crippen LogP contribution in [0.1, 0.15) is 24.1 Å². The van der Waals surface area contributed by atoms with Gasteiger partial charge in [-0.3, -0.25) is 9.88 Å². The van der Waals surface area contributed by atoms with Crippen molar-refractivity contribution in [1.82, 2.24) is 9.88 Å². The Balaban J connectivity index is 2.09. The predicted octanol–water partition coefficient (Wildman–Crippen LogP) is 1.88. The third-order valence-electron chi connectivity index (χ3n) is 2.98. The van der Waals surface area contributed by atoms with Gasteiger partial charge in [0.15, 0.2) is 0 Å². The fraction of sp³-hybridized carbons (Fsp3) is 0.500. The van der Waals surface area contributed by atoms with Gasteiger partial charge in [0, 0.05) is 12.7 Å². The van der Waals surface area contributed by atoms with Crippen LogP contribution < -0.4 is 0 Å². The summed E-state index contributed by atoms with van der Waals surface area (Å²) in [7, 11) is 0. The molecule has 1 unspecified atom stereocenters. The summed E-state index contributed by atoms with van der Waals surface area (Å²) in [4.78, 5) is 6.58. The van der Waals surface area contributed by atoms with Crippen LogP contribution in [0.4, 0.5) is 0 Å². The van der Waals surface area contributed by atoms with Gasteiger partial charge in [-0.2, -0.15) is 5.26 Å². The Kier molecular flexibility index (Phi) is 2.98. The fourth-order valence-electron chi connectivity index (χ4n) is 2.04. The highest BCUT2D eigenvalue weighted by Gasteiger charge is 2.24. The number of pyridine rings is 1. The van der Waals surface area contributed by atoms with Crippen LogP contribution in [0.3, 0.4) is 0 Å². The van der Waals surface area contributed by atoms with Gasteiger partial charge in [0.05, 0.1) is 17.8 Å². The minimum atomic E-state index is 0.0893. The molecule has 1 aliphatic heterocycles. The van der Waals surface area contributed by atoms with E-state index in [1.165, 1.54) is 5.56 Å². The summed E-state index contributed by atoms with van der Waals surface area (Å²) < 4.78 is 0. The molecule has 0 radical (unpaired) electrons. The maximum Gasteiger partial charge on any atom is 0.0981 e. The average molecular weight is 201 g/mol. The highest BCUT2D eigenvalue weighted by atomic mass is 15.2. The SMILES string of the molecule is Cc1cccnc1CN1CCCC1C#N. The molecule has 1 fully saturated rings. The van der Waals surface area contributed by atoms with Crippen LogP contribution in [-0.4, -0.2) is 22.5 Å². The summed E-state index contributed by atoms with van der Waals surface area (Å²) in [6, 6.07) is 6.46. The Morgan fingerprint density at radius 2 is 2.53 bits per heavy atom. The van der Waals surface area contributed by atoms with E-state index < -0.39 is 0 Å². The van der Waals surface area contributed by atoms with Crippen LogP contribution in [0.5, 0.6) is 0 Å². The second-order valence-electron chi connectivity index (χ2n) is 4.02. The van der Waals surface area contributed by atoms with Crippen LogP contribution >= 0.6 is 0 Å². The fourth-order valence-corrected chi connectivity index (χ4v) is 2.04. The zero-order chi connectivity index (χ0) is 10.7. The smallest absolute Gasteiger partial charge is 0.0981 e. The maximum atomic E-state index is 8.97. The molecule has 0 bridgehead atoms. The number of hydrogen-bond donors (Lipinski definition) is 0. The van der Waals surface area contributed by atoms with Crippen molar-refractivity contribution >= 4 is 0 Å². The van der Waals surface area contributed by atoms with Crippen LogP contribution in [-0.2, 0) is 6.54 Å². The van der Waals surface area contributed by atoms with Crippen molar-refractivity contribution in [2.75, 3.05) is 6.54 Å². The lowest BCUT2D eigenvalue weighted by Gasteiger charge is -2.19. The van der Waals surface area contributed by atoms with Gasteiger partial charge in [0.2, 0.25) is 0 Å². The first-order valence-electron chi connectivity index (χ1n) is 5.35. The second kappa shape index (κ2) is 4.41. The molecule has 2 heterocycles. The van der Waals surface area contributed by atoms with E-state index in [4.69, 9.17) is 5.26 Å². The molecule has 3 nitrogen and oxygen atoms in total.